The van der Waals surface area contributed by atoms with Gasteiger partial charge in [0, 0.05) is 23.6 Å². The second-order valence-corrected chi connectivity index (χ2v) is 7.42. The smallest absolute Gasteiger partial charge is 0.146 e. The molecule has 0 fully saturated rings. The quantitative estimate of drug-likeness (QED) is 0.464. The molecule has 2 aromatic heterocycles. The summed E-state index contributed by atoms with van der Waals surface area (Å²) in [5, 5.41) is 10.2. The third-order valence-corrected chi connectivity index (χ3v) is 5.48. The van der Waals surface area contributed by atoms with E-state index in [1.165, 1.54) is 0 Å². The van der Waals surface area contributed by atoms with Crippen LogP contribution in [0.15, 0.2) is 72.6 Å². The van der Waals surface area contributed by atoms with Gasteiger partial charge in [0.25, 0.3) is 0 Å². The lowest BCUT2D eigenvalue weighted by Crippen LogP contribution is -2.05. The van der Waals surface area contributed by atoms with Gasteiger partial charge in [-0.25, -0.2) is 4.68 Å². The van der Waals surface area contributed by atoms with Crippen LogP contribution in [0.5, 0.6) is 11.5 Å². The van der Waals surface area contributed by atoms with Gasteiger partial charge in [-0.1, -0.05) is 47.1 Å². The number of hydrogen-bond donors (Lipinski definition) is 0. The third-order valence-electron chi connectivity index (χ3n) is 5.01. The maximum Gasteiger partial charge on any atom is 0.146 e. The Bertz CT molecular complexity index is 1230. The monoisotopic (exact) mass is 418 g/mol. The zero-order chi connectivity index (χ0) is 20.3. The molecule has 0 bridgehead atoms. The summed E-state index contributed by atoms with van der Waals surface area (Å²) in [4.78, 5) is 4.41. The van der Waals surface area contributed by atoms with E-state index in [4.69, 9.17) is 21.1 Å². The number of benzene rings is 2. The van der Waals surface area contributed by atoms with E-state index in [-0.39, 0.29) is 0 Å². The molecular weight excluding hydrogens is 400 g/mol. The number of pyridine rings is 1. The number of halogens is 1. The Morgan fingerprint density at radius 3 is 2.93 bits per heavy atom. The van der Waals surface area contributed by atoms with E-state index in [0.717, 1.165) is 50.7 Å². The highest BCUT2D eigenvalue weighted by molar-refractivity contribution is 6.49. The Balaban J connectivity index is 1.31. The van der Waals surface area contributed by atoms with Crippen molar-refractivity contribution in [3.8, 4) is 11.5 Å². The average Bonchev–Trinajstić information content (AvgIpc) is 3.17. The van der Waals surface area contributed by atoms with Crippen molar-refractivity contribution in [2.45, 2.75) is 19.6 Å². The lowest BCUT2D eigenvalue weighted by atomic mass is 10.1. The highest BCUT2D eigenvalue weighted by Crippen LogP contribution is 2.35. The normalized spacial score (nSPS) is 13.6. The van der Waals surface area contributed by atoms with Crippen LogP contribution in [-0.2, 0) is 13.2 Å². The van der Waals surface area contributed by atoms with Crippen molar-refractivity contribution >= 4 is 27.5 Å². The summed E-state index contributed by atoms with van der Waals surface area (Å²) < 4.78 is 13.6. The minimum atomic E-state index is 0.314. The minimum absolute atomic E-state index is 0.314. The molecule has 6 nitrogen and oxygen atoms in total. The van der Waals surface area contributed by atoms with Crippen molar-refractivity contribution in [3.05, 3.63) is 83.8 Å². The molecule has 0 amide bonds. The summed E-state index contributed by atoms with van der Waals surface area (Å²) in [6.07, 6.45) is 4.38. The first kappa shape index (κ1) is 18.6. The second kappa shape index (κ2) is 8.16. The fourth-order valence-corrected chi connectivity index (χ4v) is 3.84. The molecule has 0 radical (unpaired) electrons. The van der Waals surface area contributed by atoms with Crippen LogP contribution in [0.4, 0.5) is 0 Å². The zero-order valence-electron chi connectivity index (χ0n) is 16.2. The van der Waals surface area contributed by atoms with Gasteiger partial charge in [-0.2, -0.15) is 0 Å². The van der Waals surface area contributed by atoms with Crippen LogP contribution in [0.25, 0.3) is 15.9 Å². The number of nitrogens with zero attached hydrogens (tertiary/aromatic N) is 4. The van der Waals surface area contributed by atoms with Gasteiger partial charge in [0.15, 0.2) is 0 Å². The lowest BCUT2D eigenvalue weighted by Gasteiger charge is -2.08. The van der Waals surface area contributed by atoms with Crippen LogP contribution < -0.4 is 9.47 Å². The van der Waals surface area contributed by atoms with Gasteiger partial charge in [-0.15, -0.1) is 5.10 Å². The Labute approximate surface area is 178 Å². The van der Waals surface area contributed by atoms with Crippen LogP contribution in [0, 0.1) is 0 Å². The van der Waals surface area contributed by atoms with E-state index in [1.54, 1.807) is 10.9 Å². The fourth-order valence-electron chi connectivity index (χ4n) is 3.53. The summed E-state index contributed by atoms with van der Waals surface area (Å²) in [6, 6.07) is 17.6. The van der Waals surface area contributed by atoms with E-state index < -0.39 is 0 Å². The average molecular weight is 419 g/mol. The Hall–Kier alpha value is -3.38. The number of para-hydroxylation sites is 2. The molecule has 0 aliphatic carbocycles. The zero-order valence-corrected chi connectivity index (χ0v) is 16.9. The van der Waals surface area contributed by atoms with Crippen molar-refractivity contribution in [1.29, 1.82) is 0 Å². The fraction of sp³-hybridized carbons (Fsp3) is 0.174. The molecule has 0 atom stereocenters. The Morgan fingerprint density at radius 2 is 1.97 bits per heavy atom. The van der Waals surface area contributed by atoms with Crippen LogP contribution >= 0.6 is 11.6 Å². The molecular formula is C23H19ClN4O2. The summed E-state index contributed by atoms with van der Waals surface area (Å²) in [5.74, 6) is 1.54. The topological polar surface area (TPSA) is 62.1 Å². The van der Waals surface area contributed by atoms with Gasteiger partial charge in [0.05, 0.1) is 24.4 Å². The molecule has 5 rings (SSSR count). The Morgan fingerprint density at radius 1 is 1.07 bits per heavy atom. The van der Waals surface area contributed by atoms with Crippen LogP contribution in [0.1, 0.15) is 17.7 Å². The van der Waals surface area contributed by atoms with Crippen molar-refractivity contribution in [2.75, 3.05) is 6.61 Å². The first-order valence-electron chi connectivity index (χ1n) is 9.73. The van der Waals surface area contributed by atoms with E-state index in [0.29, 0.717) is 19.8 Å². The number of fused-ring (bicyclic) bond motifs is 2. The molecule has 0 saturated carbocycles. The lowest BCUT2D eigenvalue weighted by molar-refractivity contribution is 0.304. The first-order valence-corrected chi connectivity index (χ1v) is 10.1. The van der Waals surface area contributed by atoms with Gasteiger partial charge in [-0.05, 0) is 29.8 Å². The van der Waals surface area contributed by atoms with Gasteiger partial charge in [0.2, 0.25) is 0 Å². The number of hydrogen-bond acceptors (Lipinski definition) is 5. The molecule has 7 heteroatoms. The molecule has 150 valence electrons. The molecule has 0 saturated heterocycles. The molecule has 1 aliphatic rings. The predicted octanol–water partition coefficient (Wildman–Crippen LogP) is 4.84. The van der Waals surface area contributed by atoms with Crippen LogP contribution in [0.2, 0.25) is 0 Å². The van der Waals surface area contributed by atoms with Gasteiger partial charge in [0.1, 0.15) is 29.3 Å². The van der Waals surface area contributed by atoms with Crippen molar-refractivity contribution in [2.24, 2.45) is 0 Å². The van der Waals surface area contributed by atoms with E-state index in [2.05, 4.69) is 15.3 Å². The van der Waals surface area contributed by atoms with Gasteiger partial charge < -0.3 is 9.47 Å². The van der Waals surface area contributed by atoms with E-state index in [1.807, 2.05) is 60.8 Å². The van der Waals surface area contributed by atoms with Crippen molar-refractivity contribution in [3.63, 3.8) is 0 Å². The minimum Gasteiger partial charge on any atom is -0.493 e. The molecule has 3 heterocycles. The summed E-state index contributed by atoms with van der Waals surface area (Å²) in [6.45, 7) is 1.45. The maximum atomic E-state index is 6.68. The van der Waals surface area contributed by atoms with E-state index >= 15 is 0 Å². The second-order valence-electron chi connectivity index (χ2n) is 7.04. The molecule has 30 heavy (non-hydrogen) atoms. The number of rotatable bonds is 5. The van der Waals surface area contributed by atoms with Gasteiger partial charge in [-0.3, -0.25) is 4.98 Å². The molecule has 0 spiro atoms. The molecule has 0 N–H and O–H groups in total. The standard InChI is InChI=1S/C23H19ClN4O2/c24-22-17(10-12-29-20-8-2-1-7-19(20)22)13-28-14-18(26-27-28)15-30-21-9-3-5-16-6-4-11-25-23(16)21/h1-9,11,14H,10,12-13,15H2. The van der Waals surface area contributed by atoms with Gasteiger partial charge >= 0.3 is 0 Å². The third kappa shape index (κ3) is 3.74. The summed E-state index contributed by atoms with van der Waals surface area (Å²) in [5.41, 5.74) is 3.56. The SMILES string of the molecule is ClC1=C(Cn2cc(COc3cccc4cccnc34)nn2)CCOc2ccccc21. The number of ether oxygens (including phenoxy) is 2. The molecule has 1 aliphatic heterocycles. The van der Waals surface area contributed by atoms with Crippen LogP contribution in [0.3, 0.4) is 0 Å². The predicted molar refractivity (Wildman–Crippen MR) is 115 cm³/mol. The Kier molecular flexibility index (Phi) is 5.07. The van der Waals surface area contributed by atoms with Crippen molar-refractivity contribution < 1.29 is 9.47 Å². The highest BCUT2D eigenvalue weighted by Gasteiger charge is 2.17. The maximum absolute atomic E-state index is 6.68. The number of aromatic nitrogens is 4. The summed E-state index contributed by atoms with van der Waals surface area (Å²) in [7, 11) is 0. The largest absolute Gasteiger partial charge is 0.493 e. The molecule has 4 aromatic rings. The molecule has 2 aromatic carbocycles. The molecule has 0 unspecified atom stereocenters. The summed E-state index contributed by atoms with van der Waals surface area (Å²) >= 11 is 6.68. The van der Waals surface area contributed by atoms with Crippen molar-refractivity contribution in [1.82, 2.24) is 20.0 Å². The van der Waals surface area contributed by atoms with Crippen LogP contribution in [-0.4, -0.2) is 26.6 Å². The van der Waals surface area contributed by atoms with E-state index in [9.17, 15) is 0 Å². The first-order chi connectivity index (χ1) is 14.8. The highest BCUT2D eigenvalue weighted by atomic mass is 35.5.